The van der Waals surface area contributed by atoms with E-state index in [4.69, 9.17) is 0 Å². The lowest BCUT2D eigenvalue weighted by Gasteiger charge is -2.09. The molecule has 0 radical (unpaired) electrons. The zero-order valence-electron chi connectivity index (χ0n) is 8.86. The van der Waals surface area contributed by atoms with Crippen molar-refractivity contribution in [2.75, 3.05) is 0 Å². The molecule has 0 bridgehead atoms. The Kier molecular flexibility index (Phi) is 4.07. The van der Waals surface area contributed by atoms with Crippen molar-refractivity contribution in [2.45, 2.75) is 12.8 Å². The summed E-state index contributed by atoms with van der Waals surface area (Å²) in [5.41, 5.74) is 0. The number of imide groups is 4. The molecule has 2 aliphatic heterocycles. The van der Waals surface area contributed by atoms with E-state index in [9.17, 15) is 28.8 Å². The van der Waals surface area contributed by atoms with Crippen LogP contribution < -0.4 is 21.3 Å². The molecule has 0 atom stereocenters. The first-order valence-corrected chi connectivity index (χ1v) is 4.64. The van der Waals surface area contributed by atoms with Crippen LogP contribution in [0.4, 0.5) is 9.59 Å². The van der Waals surface area contributed by atoms with Crippen molar-refractivity contribution >= 4 is 35.7 Å². The molecule has 0 aliphatic carbocycles. The Morgan fingerprint density at radius 2 is 0.722 bits per heavy atom. The molecule has 96 valence electrons. The second-order valence-electron chi connectivity index (χ2n) is 3.20. The molecule has 2 saturated heterocycles. The van der Waals surface area contributed by atoms with Gasteiger partial charge in [-0.05, 0) is 0 Å². The average Bonchev–Trinajstić information content (AvgIpc) is 2.12. The van der Waals surface area contributed by atoms with Crippen molar-refractivity contribution < 1.29 is 28.8 Å². The summed E-state index contributed by atoms with van der Waals surface area (Å²) in [6.07, 6.45) is -0.516. The third-order valence-corrected chi connectivity index (χ3v) is 1.65. The smallest absolute Gasteiger partial charge is 0.277 e. The molecule has 0 unspecified atom stereocenters. The molecule has 2 aliphatic rings. The van der Waals surface area contributed by atoms with Crippen LogP contribution in [0, 0.1) is 0 Å². The van der Waals surface area contributed by atoms with Gasteiger partial charge in [0.2, 0.25) is 23.6 Å². The third kappa shape index (κ3) is 4.38. The highest BCUT2D eigenvalue weighted by Crippen LogP contribution is 1.86. The molecule has 0 aromatic heterocycles. The number of carbonyl (C=O) groups excluding carboxylic acids is 6. The van der Waals surface area contributed by atoms with E-state index in [1.165, 1.54) is 0 Å². The van der Waals surface area contributed by atoms with Crippen molar-refractivity contribution in [3.8, 4) is 0 Å². The van der Waals surface area contributed by atoms with Crippen LogP contribution in [-0.2, 0) is 19.2 Å². The van der Waals surface area contributed by atoms with Crippen LogP contribution in [0.1, 0.15) is 12.8 Å². The minimum absolute atomic E-state index is 0.258. The van der Waals surface area contributed by atoms with Crippen LogP contribution in [-0.4, -0.2) is 35.7 Å². The van der Waals surface area contributed by atoms with Crippen LogP contribution in [0.15, 0.2) is 0 Å². The fourth-order valence-corrected chi connectivity index (χ4v) is 1.04. The molecule has 2 rings (SSSR count). The van der Waals surface area contributed by atoms with Crippen molar-refractivity contribution in [3.05, 3.63) is 0 Å². The molecule has 0 saturated carbocycles. The van der Waals surface area contributed by atoms with E-state index in [1.807, 2.05) is 21.3 Å². The Bertz CT molecular complexity index is 324. The molecule has 0 spiro atoms. The number of rotatable bonds is 0. The van der Waals surface area contributed by atoms with E-state index in [0.29, 0.717) is 0 Å². The quantitative estimate of drug-likeness (QED) is 0.351. The van der Waals surface area contributed by atoms with Crippen molar-refractivity contribution in [2.24, 2.45) is 0 Å². The van der Waals surface area contributed by atoms with Gasteiger partial charge in [-0.15, -0.1) is 0 Å². The fraction of sp³-hybridized carbons (Fsp3) is 0.250. The van der Waals surface area contributed by atoms with Gasteiger partial charge in [0.05, 0.1) is 0 Å². The van der Waals surface area contributed by atoms with E-state index in [-0.39, 0.29) is 12.8 Å². The van der Waals surface area contributed by atoms with E-state index in [2.05, 4.69) is 0 Å². The van der Waals surface area contributed by atoms with Crippen LogP contribution in [0.5, 0.6) is 0 Å². The number of hydrogen-bond donors (Lipinski definition) is 4. The second kappa shape index (κ2) is 5.52. The number of barbiturate groups is 2. The van der Waals surface area contributed by atoms with Crippen LogP contribution in [0.25, 0.3) is 0 Å². The molecule has 18 heavy (non-hydrogen) atoms. The van der Waals surface area contributed by atoms with Crippen LogP contribution >= 0.6 is 0 Å². The zero-order valence-corrected chi connectivity index (χ0v) is 8.86. The SMILES string of the molecule is O=C1CC(=O)NC(=O)N1.O=C1CC(=O)NC(=O)N1. The van der Waals surface area contributed by atoms with Gasteiger partial charge in [-0.3, -0.25) is 40.4 Å². The molecule has 0 aromatic rings. The summed E-state index contributed by atoms with van der Waals surface area (Å²) in [5, 5.41) is 7.60. The predicted octanol–water partition coefficient (Wildman–Crippen LogP) is -2.51. The Balaban J connectivity index is 0.000000180. The summed E-state index contributed by atoms with van der Waals surface area (Å²) >= 11 is 0. The van der Waals surface area contributed by atoms with Gasteiger partial charge in [-0.2, -0.15) is 0 Å². The van der Waals surface area contributed by atoms with Crippen molar-refractivity contribution in [1.82, 2.24) is 21.3 Å². The Labute approximate surface area is 99.5 Å². The summed E-state index contributed by atoms with van der Waals surface area (Å²) in [6.45, 7) is 0. The maximum atomic E-state index is 10.3. The van der Waals surface area contributed by atoms with Gasteiger partial charge in [0.1, 0.15) is 12.8 Å². The van der Waals surface area contributed by atoms with Gasteiger partial charge in [0.25, 0.3) is 0 Å². The highest BCUT2D eigenvalue weighted by Gasteiger charge is 2.20. The van der Waals surface area contributed by atoms with E-state index >= 15 is 0 Å². The lowest BCUT2D eigenvalue weighted by molar-refractivity contribution is -0.131. The number of urea groups is 2. The summed E-state index contributed by atoms with van der Waals surface area (Å²) in [5.74, 6) is -2.21. The normalized spacial score (nSPS) is 18.9. The molecule has 8 amide bonds. The van der Waals surface area contributed by atoms with Gasteiger partial charge < -0.3 is 0 Å². The monoisotopic (exact) mass is 256 g/mol. The Hall–Kier alpha value is -2.78. The maximum absolute atomic E-state index is 10.3. The molecule has 2 heterocycles. The maximum Gasteiger partial charge on any atom is 0.328 e. The number of carbonyl (C=O) groups is 6. The standard InChI is InChI=1S/2C4H4N2O3/c2*7-2-1-3(8)6-4(9)5-2/h2*1H2,(H2,5,6,7,8,9). The highest BCUT2D eigenvalue weighted by atomic mass is 16.2. The minimum Gasteiger partial charge on any atom is -0.277 e. The first kappa shape index (κ1) is 13.3. The molecule has 10 heteroatoms. The molecular formula is C8H8N4O6. The summed E-state index contributed by atoms with van der Waals surface area (Å²) in [6, 6.07) is -1.48. The lowest BCUT2D eigenvalue weighted by atomic mass is 10.3. The highest BCUT2D eigenvalue weighted by molar-refractivity contribution is 6.14. The lowest BCUT2D eigenvalue weighted by Crippen LogP contribution is -2.49. The molecule has 4 N–H and O–H groups in total. The topological polar surface area (TPSA) is 151 Å². The zero-order chi connectivity index (χ0) is 13.7. The minimum atomic E-state index is -0.740. The molecular weight excluding hydrogens is 248 g/mol. The van der Waals surface area contributed by atoms with Crippen molar-refractivity contribution in [3.63, 3.8) is 0 Å². The fourth-order valence-electron chi connectivity index (χ4n) is 1.04. The van der Waals surface area contributed by atoms with E-state index < -0.39 is 35.7 Å². The van der Waals surface area contributed by atoms with Gasteiger partial charge in [0, 0.05) is 0 Å². The average molecular weight is 256 g/mol. The molecule has 2 fully saturated rings. The van der Waals surface area contributed by atoms with E-state index in [1.54, 1.807) is 0 Å². The van der Waals surface area contributed by atoms with Gasteiger partial charge >= 0.3 is 12.1 Å². The molecule has 0 aromatic carbocycles. The molecule has 10 nitrogen and oxygen atoms in total. The second-order valence-corrected chi connectivity index (χ2v) is 3.20. The van der Waals surface area contributed by atoms with E-state index in [0.717, 1.165) is 0 Å². The van der Waals surface area contributed by atoms with Crippen molar-refractivity contribution in [1.29, 1.82) is 0 Å². The largest absolute Gasteiger partial charge is 0.328 e. The summed E-state index contributed by atoms with van der Waals surface area (Å²) in [7, 11) is 0. The van der Waals surface area contributed by atoms with Crippen LogP contribution in [0.3, 0.4) is 0 Å². The number of hydrogen-bond acceptors (Lipinski definition) is 6. The number of nitrogens with one attached hydrogen (secondary N) is 4. The van der Waals surface area contributed by atoms with Gasteiger partial charge in [0.15, 0.2) is 0 Å². The summed E-state index contributed by atoms with van der Waals surface area (Å²) < 4.78 is 0. The first-order chi connectivity index (χ1) is 8.36. The van der Waals surface area contributed by atoms with Gasteiger partial charge in [-0.1, -0.05) is 0 Å². The van der Waals surface area contributed by atoms with Crippen LogP contribution in [0.2, 0.25) is 0 Å². The van der Waals surface area contributed by atoms with Gasteiger partial charge in [-0.25, -0.2) is 9.59 Å². The predicted molar refractivity (Wildman–Crippen MR) is 52.6 cm³/mol. The number of amides is 8. The summed E-state index contributed by atoms with van der Waals surface area (Å²) in [4.78, 5) is 61.6. The Morgan fingerprint density at radius 1 is 0.500 bits per heavy atom. The first-order valence-electron chi connectivity index (χ1n) is 4.64. The third-order valence-electron chi connectivity index (χ3n) is 1.65. The Morgan fingerprint density at radius 3 is 0.889 bits per heavy atom.